The third kappa shape index (κ3) is 28.3. The maximum atomic E-state index is 12.5. The van der Waals surface area contributed by atoms with E-state index in [0.29, 0.717) is 19.4 Å². The third-order valence-electron chi connectivity index (χ3n) is 13.6. The van der Waals surface area contributed by atoms with E-state index < -0.39 is 122 Å². The van der Waals surface area contributed by atoms with Crippen molar-refractivity contribution in [3.05, 3.63) is 0 Å². The first-order valence-corrected chi connectivity index (χ1v) is 31.7. The van der Waals surface area contributed by atoms with Crippen LogP contribution < -0.4 is 0 Å². The first-order valence-electron chi connectivity index (χ1n) is 31.7. The molecule has 2 N–H and O–H groups in total. The number of piperazine rings is 4. The van der Waals surface area contributed by atoms with Gasteiger partial charge in [0.05, 0.1) is 44.5 Å². The van der Waals surface area contributed by atoms with Gasteiger partial charge in [-0.15, -0.1) is 0 Å². The molecule has 4 saturated heterocycles. The fourth-order valence-corrected chi connectivity index (χ4v) is 9.34. The van der Waals surface area contributed by atoms with E-state index >= 15 is 0 Å². The van der Waals surface area contributed by atoms with Crippen molar-refractivity contribution in [3.63, 3.8) is 0 Å². The number of nitrogens with zero attached hydrogens (tertiary/aromatic N) is 8. The maximum Gasteiger partial charge on any atom is 0.411 e. The zero-order chi connectivity index (χ0) is 73.8. The quantitative estimate of drug-likeness (QED) is 0.150. The number of rotatable bonds is 4. The van der Waals surface area contributed by atoms with E-state index in [1.54, 1.807) is 194 Å². The van der Waals surface area contributed by atoms with Crippen molar-refractivity contribution in [2.45, 2.75) is 261 Å². The molecule has 0 aliphatic carbocycles. The summed E-state index contributed by atoms with van der Waals surface area (Å²) in [7, 11) is 1.24. The third-order valence-corrected chi connectivity index (χ3v) is 13.6. The molecule has 29 nitrogen and oxygen atoms in total. The summed E-state index contributed by atoms with van der Waals surface area (Å²) in [4.78, 5) is 134. The summed E-state index contributed by atoms with van der Waals surface area (Å²) in [5.41, 5.74) is -9.33. The van der Waals surface area contributed by atoms with Gasteiger partial charge in [0.25, 0.3) is 0 Å². The van der Waals surface area contributed by atoms with Gasteiger partial charge in [0.1, 0.15) is 56.6 Å². The second-order valence-corrected chi connectivity index (χ2v) is 32.7. The second-order valence-electron chi connectivity index (χ2n) is 32.7. The average Bonchev–Trinajstić information content (AvgIpc) is 0.797. The Balaban J connectivity index is 0.000000627. The molecular formula is C65H118N8O21. The van der Waals surface area contributed by atoms with Crippen LogP contribution in [-0.2, 0) is 52.2 Å². The fourth-order valence-electron chi connectivity index (χ4n) is 9.34. The normalized spacial score (nSPS) is 22.4. The molecule has 8 amide bonds. The van der Waals surface area contributed by atoms with Gasteiger partial charge >= 0.3 is 54.7 Å². The summed E-state index contributed by atoms with van der Waals surface area (Å²) < 4.78 is 47.8. The monoisotopic (exact) mass is 1350 g/mol. The van der Waals surface area contributed by atoms with E-state index in [9.17, 15) is 58.2 Å². The van der Waals surface area contributed by atoms with Crippen LogP contribution >= 0.6 is 0 Å². The Morgan fingerprint density at radius 1 is 0.330 bits per heavy atom. The standard InChI is InChI=1S/C17H30N2O6.2C16H30N2O5.C16H28N2O5/c1-15(2,3)24-13(21)18-9-10-19(14(22)25-16(4,5)6)17(7,11-18)12(20)23-8;3*1-14(2,3)22-12(20)17-8-9-18(16(7,10-17)11-19)13(21)23-15(4,5)6/h9-11H2,1-8H3;2*19H,8-11H2,1-7H3;11H,8-10H2,1-7H3. The molecule has 4 unspecified atom stereocenters. The van der Waals surface area contributed by atoms with Gasteiger partial charge in [-0.3, -0.25) is 19.6 Å². The molecule has 0 radical (unpaired) electrons. The maximum absolute atomic E-state index is 12.5. The Labute approximate surface area is 558 Å². The number of aldehydes is 1. The number of aliphatic hydroxyl groups excluding tert-OH is 2. The number of carbonyl (C=O) groups excluding carboxylic acids is 10. The number of carbonyl (C=O) groups is 10. The van der Waals surface area contributed by atoms with Crippen molar-refractivity contribution in [2.75, 3.05) is 98.9 Å². The lowest BCUT2D eigenvalue weighted by atomic mass is 9.97. The number of amides is 8. The van der Waals surface area contributed by atoms with Crippen LogP contribution in [0.25, 0.3) is 0 Å². The van der Waals surface area contributed by atoms with E-state index in [2.05, 4.69) is 0 Å². The van der Waals surface area contributed by atoms with Crippen molar-refractivity contribution in [1.29, 1.82) is 0 Å². The summed E-state index contributed by atoms with van der Waals surface area (Å²) in [6.07, 6.45) is -3.40. The molecule has 29 heteroatoms. The highest BCUT2D eigenvalue weighted by atomic mass is 16.6. The minimum absolute atomic E-state index is 0.0339. The second kappa shape index (κ2) is 31.8. The molecule has 4 atom stereocenters. The van der Waals surface area contributed by atoms with Crippen molar-refractivity contribution in [1.82, 2.24) is 39.2 Å². The van der Waals surface area contributed by atoms with Gasteiger partial charge in [0.15, 0.2) is 5.54 Å². The van der Waals surface area contributed by atoms with Gasteiger partial charge in [-0.05, 0) is 194 Å². The van der Waals surface area contributed by atoms with Crippen LogP contribution in [0.1, 0.15) is 194 Å². The molecule has 4 heterocycles. The van der Waals surface area contributed by atoms with Crippen LogP contribution in [-0.4, -0.2) is 276 Å². The average molecular weight is 1350 g/mol. The summed E-state index contributed by atoms with van der Waals surface area (Å²) in [5, 5.41) is 19.5. The van der Waals surface area contributed by atoms with Crippen LogP contribution in [0.4, 0.5) is 38.4 Å². The lowest BCUT2D eigenvalue weighted by molar-refractivity contribution is -0.157. The highest BCUT2D eigenvalue weighted by Gasteiger charge is 2.52. The minimum Gasteiger partial charge on any atom is -0.467 e. The predicted molar refractivity (Wildman–Crippen MR) is 349 cm³/mol. The zero-order valence-corrected chi connectivity index (χ0v) is 62.2. The van der Waals surface area contributed by atoms with E-state index in [1.807, 2.05) is 0 Å². The molecule has 0 aromatic heterocycles. The smallest absolute Gasteiger partial charge is 0.411 e. The van der Waals surface area contributed by atoms with Gasteiger partial charge in [-0.1, -0.05) is 0 Å². The molecule has 94 heavy (non-hydrogen) atoms. The first kappa shape index (κ1) is 85.2. The van der Waals surface area contributed by atoms with Crippen molar-refractivity contribution in [3.8, 4) is 0 Å². The van der Waals surface area contributed by atoms with Crippen LogP contribution in [0.15, 0.2) is 0 Å². The lowest BCUT2D eigenvalue weighted by Gasteiger charge is -2.47. The number of ether oxygens (including phenoxy) is 9. The van der Waals surface area contributed by atoms with Gasteiger partial charge in [-0.2, -0.15) is 0 Å². The lowest BCUT2D eigenvalue weighted by Crippen LogP contribution is -2.67. The van der Waals surface area contributed by atoms with Gasteiger partial charge in [-0.25, -0.2) is 43.2 Å². The molecule has 0 aromatic rings. The highest BCUT2D eigenvalue weighted by molar-refractivity contribution is 5.87. The van der Waals surface area contributed by atoms with Crippen molar-refractivity contribution < 1.29 is 101 Å². The molecule has 4 aliphatic rings. The topological polar surface area (TPSA) is 320 Å². The molecule has 0 spiro atoms. The number of aliphatic hydroxyl groups is 2. The first-order chi connectivity index (χ1) is 42.0. The number of methoxy groups -OCH3 is 1. The predicted octanol–water partition coefficient (Wildman–Crippen LogP) is 9.29. The number of hydrogen-bond acceptors (Lipinski definition) is 21. The van der Waals surface area contributed by atoms with Crippen molar-refractivity contribution in [2.24, 2.45) is 0 Å². The van der Waals surface area contributed by atoms with Crippen LogP contribution in [0.5, 0.6) is 0 Å². The van der Waals surface area contributed by atoms with Crippen LogP contribution in [0, 0.1) is 0 Å². The Morgan fingerprint density at radius 3 is 0.787 bits per heavy atom. The molecule has 0 bridgehead atoms. The van der Waals surface area contributed by atoms with E-state index in [-0.39, 0.29) is 78.7 Å². The molecular weight excluding hydrogens is 1230 g/mol. The summed E-state index contributed by atoms with van der Waals surface area (Å²) in [6.45, 7) is 51.3. The minimum atomic E-state index is -1.35. The summed E-state index contributed by atoms with van der Waals surface area (Å²) in [6, 6.07) is 0. The Hall–Kier alpha value is -6.78. The van der Waals surface area contributed by atoms with Crippen LogP contribution in [0.3, 0.4) is 0 Å². The fraction of sp³-hybridized carbons (Fsp3) is 0.846. The van der Waals surface area contributed by atoms with Gasteiger partial charge in [0, 0.05) is 65.4 Å². The number of hydrogen-bond donors (Lipinski definition) is 2. The van der Waals surface area contributed by atoms with E-state index in [1.165, 1.54) is 46.3 Å². The van der Waals surface area contributed by atoms with Gasteiger partial charge in [0.2, 0.25) is 0 Å². The SMILES string of the molecule is CC(C)(C)OC(=O)N1CCN(C(=O)OC(C)(C)C)C(C)(C=O)C1.CC(C)(C)OC(=O)N1CCN(C(=O)OC(C)(C)C)C(C)(CO)C1.CC(C)(C)OC(=O)N1CCN(C(=O)OC(C)(C)C)C(C)(CO)C1.COC(=O)C1(C)CN(C(=O)OC(C)(C)C)CCN1C(=O)OC(C)(C)C. The molecule has 4 rings (SSSR count). The molecule has 0 aromatic carbocycles. The molecule has 4 aliphatic heterocycles. The van der Waals surface area contributed by atoms with Crippen molar-refractivity contribution >= 4 is 61.0 Å². The summed E-state index contributed by atoms with van der Waals surface area (Å²) >= 11 is 0. The van der Waals surface area contributed by atoms with Crippen LogP contribution in [0.2, 0.25) is 0 Å². The number of esters is 1. The zero-order valence-electron chi connectivity index (χ0n) is 62.2. The van der Waals surface area contributed by atoms with E-state index in [4.69, 9.17) is 42.6 Å². The summed E-state index contributed by atoms with van der Waals surface area (Å²) in [5.74, 6) is -0.619. The molecule has 0 saturated carbocycles. The Kier molecular flexibility index (Phi) is 28.9. The highest BCUT2D eigenvalue weighted by Crippen LogP contribution is 2.31. The molecule has 544 valence electrons. The largest absolute Gasteiger partial charge is 0.467 e. The van der Waals surface area contributed by atoms with Gasteiger partial charge < -0.3 is 77.2 Å². The Bertz CT molecular complexity index is 2540. The molecule has 4 fully saturated rings. The van der Waals surface area contributed by atoms with E-state index in [0.717, 1.165) is 0 Å². The Morgan fingerprint density at radius 2 is 0.543 bits per heavy atom.